The van der Waals surface area contributed by atoms with Crippen molar-refractivity contribution >= 4 is 17.6 Å². The second-order valence-electron chi connectivity index (χ2n) is 4.12. The summed E-state index contributed by atoms with van der Waals surface area (Å²) in [6.07, 6.45) is 0. The predicted molar refractivity (Wildman–Crippen MR) is 70.2 cm³/mol. The summed E-state index contributed by atoms with van der Waals surface area (Å²) in [7, 11) is 3.21. The van der Waals surface area contributed by atoms with Gasteiger partial charge in [-0.15, -0.1) is 0 Å². The van der Waals surface area contributed by atoms with Gasteiger partial charge in [0.1, 0.15) is 5.82 Å². The third-order valence-electron chi connectivity index (χ3n) is 2.33. The normalized spacial score (nSPS) is 9.84. The van der Waals surface area contributed by atoms with Gasteiger partial charge in [0.15, 0.2) is 0 Å². The van der Waals surface area contributed by atoms with Crippen LogP contribution in [0.1, 0.15) is 10.4 Å². The molecule has 0 saturated heterocycles. The molecular formula is C12H17FN4O2. The average Bonchev–Trinajstić information content (AvgIpc) is 2.36. The molecule has 0 bridgehead atoms. The van der Waals surface area contributed by atoms with E-state index < -0.39 is 11.7 Å². The maximum absolute atomic E-state index is 13.4. The number of rotatable bonds is 4. The van der Waals surface area contributed by atoms with Gasteiger partial charge in [-0.1, -0.05) is 0 Å². The summed E-state index contributed by atoms with van der Waals surface area (Å²) in [6.45, 7) is 0.458. The van der Waals surface area contributed by atoms with E-state index in [-0.39, 0.29) is 24.7 Å². The van der Waals surface area contributed by atoms with E-state index in [9.17, 15) is 14.0 Å². The van der Waals surface area contributed by atoms with Crippen LogP contribution >= 0.6 is 0 Å². The van der Waals surface area contributed by atoms with Crippen molar-refractivity contribution in [2.45, 2.75) is 0 Å². The van der Waals surface area contributed by atoms with Crippen LogP contribution in [0.15, 0.2) is 18.2 Å². The Bertz CT molecular complexity index is 477. The van der Waals surface area contributed by atoms with Gasteiger partial charge < -0.3 is 21.3 Å². The second kappa shape index (κ2) is 6.58. The molecule has 0 spiro atoms. The van der Waals surface area contributed by atoms with E-state index in [0.29, 0.717) is 5.69 Å². The van der Waals surface area contributed by atoms with Crippen molar-refractivity contribution in [1.82, 2.24) is 15.5 Å². The second-order valence-corrected chi connectivity index (χ2v) is 4.12. The van der Waals surface area contributed by atoms with Crippen LogP contribution < -0.4 is 16.4 Å². The standard InChI is InChI=1S/C12H17FN4O2/c1-17(2)12(19)16-6-5-15-11(18)9-7-8(14)3-4-10(9)13/h3-4,7H,5-6,14H2,1-2H3,(H,15,18)(H,16,19). The smallest absolute Gasteiger partial charge is 0.316 e. The first kappa shape index (κ1) is 14.7. The van der Waals surface area contributed by atoms with Crippen molar-refractivity contribution in [3.05, 3.63) is 29.6 Å². The van der Waals surface area contributed by atoms with Crippen LogP contribution in [-0.4, -0.2) is 44.0 Å². The number of benzene rings is 1. The molecule has 0 radical (unpaired) electrons. The number of nitrogen functional groups attached to an aromatic ring is 1. The van der Waals surface area contributed by atoms with Gasteiger partial charge in [0.2, 0.25) is 0 Å². The molecule has 0 unspecified atom stereocenters. The molecule has 0 aliphatic heterocycles. The molecule has 0 aliphatic carbocycles. The largest absolute Gasteiger partial charge is 0.399 e. The van der Waals surface area contributed by atoms with Crippen LogP contribution in [0.25, 0.3) is 0 Å². The molecule has 1 rings (SSSR count). The number of amides is 3. The van der Waals surface area contributed by atoms with Crippen molar-refractivity contribution in [2.24, 2.45) is 0 Å². The highest BCUT2D eigenvalue weighted by Gasteiger charge is 2.11. The molecule has 0 aliphatic rings. The zero-order chi connectivity index (χ0) is 14.4. The molecule has 0 aromatic heterocycles. The van der Waals surface area contributed by atoms with E-state index >= 15 is 0 Å². The Labute approximate surface area is 110 Å². The Morgan fingerprint density at radius 2 is 1.89 bits per heavy atom. The molecular weight excluding hydrogens is 251 g/mol. The summed E-state index contributed by atoms with van der Waals surface area (Å²) in [4.78, 5) is 24.2. The minimum atomic E-state index is -0.635. The first-order chi connectivity index (χ1) is 8.91. The lowest BCUT2D eigenvalue weighted by atomic mass is 10.2. The fourth-order valence-corrected chi connectivity index (χ4v) is 1.32. The molecule has 0 atom stereocenters. The van der Waals surface area contributed by atoms with E-state index in [2.05, 4.69) is 10.6 Å². The van der Waals surface area contributed by atoms with Gasteiger partial charge in [-0.25, -0.2) is 9.18 Å². The van der Waals surface area contributed by atoms with Crippen molar-refractivity contribution < 1.29 is 14.0 Å². The maximum Gasteiger partial charge on any atom is 0.316 e. The molecule has 0 heterocycles. The first-order valence-corrected chi connectivity index (χ1v) is 5.70. The number of hydrogen-bond acceptors (Lipinski definition) is 3. The summed E-state index contributed by atoms with van der Waals surface area (Å²) in [6, 6.07) is 3.52. The zero-order valence-electron chi connectivity index (χ0n) is 10.9. The molecule has 4 N–H and O–H groups in total. The molecule has 1 aromatic rings. The third kappa shape index (κ3) is 4.46. The molecule has 19 heavy (non-hydrogen) atoms. The van der Waals surface area contributed by atoms with Gasteiger partial charge in [-0.05, 0) is 18.2 Å². The number of nitrogens with zero attached hydrogens (tertiary/aromatic N) is 1. The quantitative estimate of drug-likeness (QED) is 0.546. The van der Waals surface area contributed by atoms with E-state index in [0.717, 1.165) is 6.07 Å². The Morgan fingerprint density at radius 3 is 2.53 bits per heavy atom. The predicted octanol–water partition coefficient (Wildman–Crippen LogP) is 0.409. The lowest BCUT2D eigenvalue weighted by Crippen LogP contribution is -2.39. The number of carbonyl (C=O) groups excluding carboxylic acids is 2. The number of anilines is 1. The summed E-state index contributed by atoms with van der Waals surface area (Å²) in [5.74, 6) is -1.20. The summed E-state index contributed by atoms with van der Waals surface area (Å²) >= 11 is 0. The van der Waals surface area contributed by atoms with Gasteiger partial charge in [0.05, 0.1) is 5.56 Å². The van der Waals surface area contributed by atoms with Crippen molar-refractivity contribution in [2.75, 3.05) is 32.9 Å². The zero-order valence-corrected chi connectivity index (χ0v) is 10.9. The molecule has 1 aromatic carbocycles. The Kier molecular flexibility index (Phi) is 5.11. The molecule has 6 nitrogen and oxygen atoms in total. The Balaban J connectivity index is 2.44. The number of halogens is 1. The number of nitrogens with two attached hydrogens (primary N) is 1. The SMILES string of the molecule is CN(C)C(=O)NCCNC(=O)c1cc(N)ccc1F. The Hall–Kier alpha value is -2.31. The monoisotopic (exact) mass is 268 g/mol. The fourth-order valence-electron chi connectivity index (χ4n) is 1.32. The van der Waals surface area contributed by atoms with E-state index in [1.165, 1.54) is 17.0 Å². The summed E-state index contributed by atoms with van der Waals surface area (Å²) < 4.78 is 13.4. The lowest BCUT2D eigenvalue weighted by molar-refractivity contribution is 0.0949. The minimum absolute atomic E-state index is 0.112. The summed E-state index contributed by atoms with van der Waals surface area (Å²) in [5.41, 5.74) is 5.68. The van der Waals surface area contributed by atoms with Crippen LogP contribution in [0.2, 0.25) is 0 Å². The van der Waals surface area contributed by atoms with E-state index in [1.54, 1.807) is 14.1 Å². The number of hydrogen-bond donors (Lipinski definition) is 3. The number of nitrogens with one attached hydrogen (secondary N) is 2. The van der Waals surface area contributed by atoms with E-state index in [4.69, 9.17) is 5.73 Å². The van der Waals surface area contributed by atoms with Crippen molar-refractivity contribution in [3.8, 4) is 0 Å². The fraction of sp³-hybridized carbons (Fsp3) is 0.333. The van der Waals surface area contributed by atoms with Gasteiger partial charge in [-0.3, -0.25) is 4.79 Å². The van der Waals surface area contributed by atoms with Crippen LogP contribution in [0.3, 0.4) is 0 Å². The van der Waals surface area contributed by atoms with Crippen LogP contribution in [0.4, 0.5) is 14.9 Å². The van der Waals surface area contributed by atoms with Gasteiger partial charge in [-0.2, -0.15) is 0 Å². The minimum Gasteiger partial charge on any atom is -0.399 e. The molecule has 104 valence electrons. The molecule has 0 fully saturated rings. The highest BCUT2D eigenvalue weighted by atomic mass is 19.1. The van der Waals surface area contributed by atoms with Crippen molar-refractivity contribution in [3.63, 3.8) is 0 Å². The topological polar surface area (TPSA) is 87.5 Å². The Morgan fingerprint density at radius 1 is 1.26 bits per heavy atom. The number of urea groups is 1. The summed E-state index contributed by atoms with van der Waals surface area (Å²) in [5, 5.41) is 5.06. The number of carbonyl (C=O) groups is 2. The van der Waals surface area contributed by atoms with Gasteiger partial charge >= 0.3 is 6.03 Å². The lowest BCUT2D eigenvalue weighted by Gasteiger charge is -2.12. The highest BCUT2D eigenvalue weighted by molar-refractivity contribution is 5.95. The van der Waals surface area contributed by atoms with Crippen LogP contribution in [0, 0.1) is 5.82 Å². The van der Waals surface area contributed by atoms with E-state index in [1.807, 2.05) is 0 Å². The van der Waals surface area contributed by atoms with Gasteiger partial charge in [0.25, 0.3) is 5.91 Å². The molecule has 3 amide bonds. The highest BCUT2D eigenvalue weighted by Crippen LogP contribution is 2.11. The maximum atomic E-state index is 13.4. The van der Waals surface area contributed by atoms with Crippen molar-refractivity contribution in [1.29, 1.82) is 0 Å². The van der Waals surface area contributed by atoms with Crippen LogP contribution in [0.5, 0.6) is 0 Å². The van der Waals surface area contributed by atoms with Gasteiger partial charge in [0, 0.05) is 32.9 Å². The average molecular weight is 268 g/mol. The third-order valence-corrected chi connectivity index (χ3v) is 2.33. The molecule has 7 heteroatoms. The molecule has 0 saturated carbocycles. The first-order valence-electron chi connectivity index (χ1n) is 5.70. The van der Waals surface area contributed by atoms with Crippen LogP contribution in [-0.2, 0) is 0 Å².